The summed E-state index contributed by atoms with van der Waals surface area (Å²) in [7, 11) is -3.86. The molecule has 1 saturated heterocycles. The second-order valence-electron chi connectivity index (χ2n) is 7.47. The molecule has 0 unspecified atom stereocenters. The van der Waals surface area contributed by atoms with Gasteiger partial charge in [-0.15, -0.1) is 0 Å². The molecule has 1 fully saturated rings. The molecule has 32 heavy (non-hydrogen) atoms. The van der Waals surface area contributed by atoms with Gasteiger partial charge in [0.15, 0.2) is 0 Å². The van der Waals surface area contributed by atoms with Gasteiger partial charge >= 0.3 is 0 Å². The predicted molar refractivity (Wildman–Crippen MR) is 118 cm³/mol. The molecule has 1 amide bonds. The zero-order chi connectivity index (χ0) is 22.7. The van der Waals surface area contributed by atoms with E-state index in [0.29, 0.717) is 0 Å². The number of nitro benzene ring substituents is 1. The molecule has 0 spiro atoms. The van der Waals surface area contributed by atoms with Crippen molar-refractivity contribution in [2.45, 2.75) is 11.3 Å². The van der Waals surface area contributed by atoms with Crippen LogP contribution in [0, 0.1) is 10.1 Å². The Bertz CT molecular complexity index is 1220. The van der Waals surface area contributed by atoms with Crippen molar-refractivity contribution < 1.29 is 18.1 Å². The highest BCUT2D eigenvalue weighted by atomic mass is 32.2. The van der Waals surface area contributed by atoms with E-state index in [9.17, 15) is 23.3 Å². The van der Waals surface area contributed by atoms with Crippen molar-refractivity contribution in [3.05, 3.63) is 88.7 Å². The van der Waals surface area contributed by atoms with Gasteiger partial charge in [0.25, 0.3) is 5.69 Å². The van der Waals surface area contributed by atoms with Gasteiger partial charge in [-0.2, -0.15) is 4.31 Å². The first kappa shape index (κ1) is 21.7. The summed E-state index contributed by atoms with van der Waals surface area (Å²) in [5, 5.41) is 11.0. The van der Waals surface area contributed by atoms with E-state index in [1.165, 1.54) is 22.5 Å². The first-order valence-corrected chi connectivity index (χ1v) is 11.5. The van der Waals surface area contributed by atoms with Gasteiger partial charge in [0.2, 0.25) is 15.9 Å². The summed E-state index contributed by atoms with van der Waals surface area (Å²) >= 11 is 0. The summed E-state index contributed by atoms with van der Waals surface area (Å²) in [6, 6.07) is 16.6. The lowest BCUT2D eigenvalue weighted by Gasteiger charge is -2.34. The lowest BCUT2D eigenvalue weighted by atomic mass is 10.1. The largest absolute Gasteiger partial charge is 0.340 e. The van der Waals surface area contributed by atoms with E-state index in [1.807, 2.05) is 53.4 Å². The molecule has 4 rings (SSSR count). The molecule has 0 N–H and O–H groups in total. The Kier molecular flexibility index (Phi) is 6.06. The number of nitrogens with zero attached hydrogens (tertiary/aromatic N) is 4. The molecule has 0 saturated carbocycles. The Balaban J connectivity index is 1.36. The Morgan fingerprint density at radius 1 is 0.938 bits per heavy atom. The molecule has 2 aromatic carbocycles. The Labute approximate surface area is 185 Å². The second kappa shape index (κ2) is 8.93. The number of non-ortho nitro benzene ring substituents is 1. The van der Waals surface area contributed by atoms with Gasteiger partial charge in [-0.05, 0) is 35.9 Å². The molecule has 1 aromatic heterocycles. The maximum atomic E-state index is 12.9. The SMILES string of the molecule is O=C(Cc1ccc(-n2cccc2)cc1)N1CCN(S(=O)(=O)c2cccc([N+](=O)[O-])c2)CC1. The van der Waals surface area contributed by atoms with Crippen molar-refractivity contribution in [3.63, 3.8) is 0 Å². The highest BCUT2D eigenvalue weighted by Gasteiger charge is 2.30. The molecule has 2 heterocycles. The molecule has 0 aliphatic carbocycles. The normalized spacial score (nSPS) is 14.9. The van der Waals surface area contributed by atoms with Gasteiger partial charge in [0.05, 0.1) is 16.2 Å². The minimum absolute atomic E-state index is 0.0638. The molecule has 0 atom stereocenters. The number of carbonyl (C=O) groups is 1. The van der Waals surface area contributed by atoms with Crippen LogP contribution < -0.4 is 0 Å². The number of carbonyl (C=O) groups excluding carboxylic acids is 1. The molecule has 0 bridgehead atoms. The summed E-state index contributed by atoms with van der Waals surface area (Å²) in [5.74, 6) is -0.0638. The first-order valence-electron chi connectivity index (χ1n) is 10.1. The second-order valence-corrected chi connectivity index (χ2v) is 9.41. The molecular formula is C22H22N4O5S. The minimum Gasteiger partial charge on any atom is -0.340 e. The van der Waals surface area contributed by atoms with Crippen LogP contribution in [0.3, 0.4) is 0 Å². The van der Waals surface area contributed by atoms with Crippen molar-refractivity contribution in [2.24, 2.45) is 0 Å². The van der Waals surface area contributed by atoms with Crippen LogP contribution in [-0.2, 0) is 21.2 Å². The number of benzene rings is 2. The van der Waals surface area contributed by atoms with Crippen molar-refractivity contribution in [3.8, 4) is 5.69 Å². The van der Waals surface area contributed by atoms with E-state index >= 15 is 0 Å². The molecule has 0 radical (unpaired) electrons. The number of aromatic nitrogens is 1. The Morgan fingerprint density at radius 2 is 1.59 bits per heavy atom. The molecule has 3 aromatic rings. The number of hydrogen-bond donors (Lipinski definition) is 0. The van der Waals surface area contributed by atoms with E-state index in [-0.39, 0.29) is 49.1 Å². The van der Waals surface area contributed by atoms with Crippen LogP contribution in [0.2, 0.25) is 0 Å². The van der Waals surface area contributed by atoms with E-state index in [1.54, 1.807) is 4.90 Å². The van der Waals surface area contributed by atoms with Gasteiger partial charge in [0, 0.05) is 56.4 Å². The van der Waals surface area contributed by atoms with Gasteiger partial charge in [0.1, 0.15) is 0 Å². The lowest BCUT2D eigenvalue weighted by molar-refractivity contribution is -0.385. The fourth-order valence-corrected chi connectivity index (χ4v) is 5.13. The fraction of sp³-hybridized carbons (Fsp3) is 0.227. The number of rotatable bonds is 6. The van der Waals surface area contributed by atoms with E-state index < -0.39 is 14.9 Å². The van der Waals surface area contributed by atoms with Crippen LogP contribution in [0.25, 0.3) is 5.69 Å². The smallest absolute Gasteiger partial charge is 0.270 e. The standard InChI is InChI=1S/C22H22N4O5S/c27-22(16-18-6-8-19(9-7-18)23-10-1-2-11-23)24-12-14-25(15-13-24)32(30,31)21-5-3-4-20(17-21)26(28)29/h1-11,17H,12-16H2. The zero-order valence-electron chi connectivity index (χ0n) is 17.2. The number of sulfonamides is 1. The third-order valence-electron chi connectivity index (χ3n) is 5.45. The third-order valence-corrected chi connectivity index (χ3v) is 7.35. The molecule has 1 aliphatic rings. The van der Waals surface area contributed by atoms with Crippen molar-refractivity contribution >= 4 is 21.6 Å². The van der Waals surface area contributed by atoms with Gasteiger partial charge in [-0.1, -0.05) is 18.2 Å². The zero-order valence-corrected chi connectivity index (χ0v) is 18.0. The van der Waals surface area contributed by atoms with Gasteiger partial charge in [-0.25, -0.2) is 8.42 Å². The summed E-state index contributed by atoms with van der Waals surface area (Å²) in [5.41, 5.74) is 1.62. The van der Waals surface area contributed by atoms with Crippen LogP contribution in [0.15, 0.2) is 78.0 Å². The lowest BCUT2D eigenvalue weighted by Crippen LogP contribution is -2.50. The summed E-state index contributed by atoms with van der Waals surface area (Å²) in [4.78, 5) is 24.6. The van der Waals surface area contributed by atoms with Crippen molar-refractivity contribution in [2.75, 3.05) is 26.2 Å². The van der Waals surface area contributed by atoms with Crippen molar-refractivity contribution in [1.82, 2.24) is 13.8 Å². The van der Waals surface area contributed by atoms with E-state index in [4.69, 9.17) is 0 Å². The highest BCUT2D eigenvalue weighted by Crippen LogP contribution is 2.22. The Morgan fingerprint density at radius 3 is 2.22 bits per heavy atom. The Hall–Kier alpha value is -3.50. The quantitative estimate of drug-likeness (QED) is 0.420. The van der Waals surface area contributed by atoms with Crippen LogP contribution >= 0.6 is 0 Å². The number of hydrogen-bond acceptors (Lipinski definition) is 5. The number of nitro groups is 1. The minimum atomic E-state index is -3.86. The molecular weight excluding hydrogens is 432 g/mol. The highest BCUT2D eigenvalue weighted by molar-refractivity contribution is 7.89. The topological polar surface area (TPSA) is 106 Å². The van der Waals surface area contributed by atoms with Crippen LogP contribution in [0.4, 0.5) is 5.69 Å². The first-order chi connectivity index (χ1) is 15.3. The summed E-state index contributed by atoms with van der Waals surface area (Å²) in [6.07, 6.45) is 4.13. The number of amides is 1. The third kappa shape index (κ3) is 4.56. The molecule has 9 nitrogen and oxygen atoms in total. The molecule has 1 aliphatic heterocycles. The summed E-state index contributed by atoms with van der Waals surface area (Å²) < 4.78 is 29.0. The average molecular weight is 455 g/mol. The van der Waals surface area contributed by atoms with Crippen LogP contribution in [-0.4, -0.2) is 59.2 Å². The van der Waals surface area contributed by atoms with Crippen molar-refractivity contribution in [1.29, 1.82) is 0 Å². The van der Waals surface area contributed by atoms with Gasteiger partial charge < -0.3 is 9.47 Å². The fourth-order valence-electron chi connectivity index (χ4n) is 3.66. The maximum absolute atomic E-state index is 12.9. The average Bonchev–Trinajstić information content (AvgIpc) is 3.35. The van der Waals surface area contributed by atoms with E-state index in [2.05, 4.69) is 0 Å². The number of piperazine rings is 1. The monoisotopic (exact) mass is 454 g/mol. The maximum Gasteiger partial charge on any atom is 0.270 e. The van der Waals surface area contributed by atoms with Gasteiger partial charge in [-0.3, -0.25) is 14.9 Å². The van der Waals surface area contributed by atoms with Crippen LogP contribution in [0.5, 0.6) is 0 Å². The molecule has 166 valence electrons. The van der Waals surface area contributed by atoms with E-state index in [0.717, 1.165) is 17.3 Å². The van der Waals surface area contributed by atoms with Crippen LogP contribution in [0.1, 0.15) is 5.56 Å². The summed E-state index contributed by atoms with van der Waals surface area (Å²) in [6.45, 7) is 0.829. The molecule has 10 heteroatoms. The predicted octanol–water partition coefficient (Wildman–Crippen LogP) is 2.46.